The van der Waals surface area contributed by atoms with Crippen LogP contribution >= 0.6 is 11.3 Å². The number of thiazole rings is 1. The number of aryl methyl sites for hydroxylation is 1. The minimum absolute atomic E-state index is 0.101. The van der Waals surface area contributed by atoms with E-state index in [2.05, 4.69) is 16.9 Å². The first kappa shape index (κ1) is 15.6. The number of carbonyl (C=O) groups is 1. The predicted molar refractivity (Wildman–Crippen MR) is 85.1 cm³/mol. The van der Waals surface area contributed by atoms with Crippen LogP contribution in [0.25, 0.3) is 0 Å². The van der Waals surface area contributed by atoms with E-state index in [-0.39, 0.29) is 11.9 Å². The molecule has 0 aliphatic carbocycles. The van der Waals surface area contributed by atoms with Gasteiger partial charge in [-0.3, -0.25) is 9.78 Å². The van der Waals surface area contributed by atoms with Crippen molar-refractivity contribution in [2.24, 2.45) is 0 Å². The number of hydrogen-bond donors (Lipinski definition) is 0. The van der Waals surface area contributed by atoms with E-state index in [1.165, 1.54) is 0 Å². The van der Waals surface area contributed by atoms with Gasteiger partial charge in [0.1, 0.15) is 0 Å². The van der Waals surface area contributed by atoms with Crippen molar-refractivity contribution in [2.45, 2.75) is 46.2 Å². The van der Waals surface area contributed by atoms with Crippen LogP contribution in [0.5, 0.6) is 0 Å². The summed E-state index contributed by atoms with van der Waals surface area (Å²) in [6.07, 6.45) is 3.04. The fourth-order valence-electron chi connectivity index (χ4n) is 2.07. The maximum Gasteiger partial charge on any atom is 0.229 e. The Bertz CT molecular complexity index is 580. The average molecular weight is 303 g/mol. The number of amides is 1. The highest BCUT2D eigenvalue weighted by molar-refractivity contribution is 7.09. The normalized spacial score (nSPS) is 10.9. The molecule has 0 atom stereocenters. The number of nitrogens with zero attached hydrogens (tertiary/aromatic N) is 3. The van der Waals surface area contributed by atoms with Crippen LogP contribution in [0.2, 0.25) is 0 Å². The zero-order valence-corrected chi connectivity index (χ0v) is 13.6. The third kappa shape index (κ3) is 4.36. The molecule has 112 valence electrons. The van der Waals surface area contributed by atoms with E-state index in [4.69, 9.17) is 0 Å². The van der Waals surface area contributed by atoms with Gasteiger partial charge in [-0.25, -0.2) is 4.98 Å². The number of carbonyl (C=O) groups excluding carboxylic acids is 1. The lowest BCUT2D eigenvalue weighted by molar-refractivity contribution is -0.132. The fourth-order valence-corrected chi connectivity index (χ4v) is 2.82. The van der Waals surface area contributed by atoms with Gasteiger partial charge in [-0.2, -0.15) is 0 Å². The molecule has 0 saturated carbocycles. The van der Waals surface area contributed by atoms with Crippen LogP contribution in [-0.4, -0.2) is 26.8 Å². The Morgan fingerprint density at radius 3 is 2.71 bits per heavy atom. The maximum atomic E-state index is 12.5. The molecule has 2 rings (SSSR count). The summed E-state index contributed by atoms with van der Waals surface area (Å²) in [5.41, 5.74) is 1.78. The summed E-state index contributed by atoms with van der Waals surface area (Å²) in [7, 11) is 0. The first-order chi connectivity index (χ1) is 10.1. The van der Waals surface area contributed by atoms with Crippen molar-refractivity contribution in [2.75, 3.05) is 0 Å². The molecule has 1 amide bonds. The van der Waals surface area contributed by atoms with Crippen LogP contribution in [0.4, 0.5) is 0 Å². The summed E-state index contributed by atoms with van der Waals surface area (Å²) in [5, 5.41) is 3.06. The zero-order valence-electron chi connectivity index (χ0n) is 12.7. The largest absolute Gasteiger partial charge is 0.334 e. The van der Waals surface area contributed by atoms with E-state index in [1.54, 1.807) is 17.5 Å². The highest BCUT2D eigenvalue weighted by Crippen LogP contribution is 2.14. The van der Waals surface area contributed by atoms with Gasteiger partial charge in [0.25, 0.3) is 0 Å². The summed E-state index contributed by atoms with van der Waals surface area (Å²) in [6, 6.07) is 5.91. The number of aromatic nitrogens is 2. The summed E-state index contributed by atoms with van der Waals surface area (Å²) in [6.45, 7) is 6.67. The number of rotatable bonds is 6. The van der Waals surface area contributed by atoms with Crippen LogP contribution in [0.1, 0.15) is 37.2 Å². The molecular weight excluding hydrogens is 282 g/mol. The molecule has 0 unspecified atom stereocenters. The second kappa shape index (κ2) is 7.31. The van der Waals surface area contributed by atoms with Gasteiger partial charge in [0.15, 0.2) is 0 Å². The van der Waals surface area contributed by atoms with Crippen molar-refractivity contribution in [3.8, 4) is 0 Å². The first-order valence-electron chi connectivity index (χ1n) is 7.22. The van der Waals surface area contributed by atoms with Crippen molar-refractivity contribution in [1.82, 2.24) is 14.9 Å². The van der Waals surface area contributed by atoms with Gasteiger partial charge in [-0.15, -0.1) is 11.3 Å². The van der Waals surface area contributed by atoms with Crippen molar-refractivity contribution >= 4 is 17.2 Å². The quantitative estimate of drug-likeness (QED) is 0.824. The number of hydrogen-bond acceptors (Lipinski definition) is 4. The van der Waals surface area contributed by atoms with Gasteiger partial charge in [-0.1, -0.05) is 13.0 Å². The average Bonchev–Trinajstić information content (AvgIpc) is 2.93. The van der Waals surface area contributed by atoms with E-state index >= 15 is 0 Å². The summed E-state index contributed by atoms with van der Waals surface area (Å²) >= 11 is 1.62. The van der Waals surface area contributed by atoms with E-state index in [9.17, 15) is 4.79 Å². The molecule has 4 nitrogen and oxygen atoms in total. The Balaban J connectivity index is 2.05. The molecule has 0 aromatic carbocycles. The predicted octanol–water partition coefficient (Wildman–Crippen LogP) is 3.08. The molecule has 0 bridgehead atoms. The van der Waals surface area contributed by atoms with Gasteiger partial charge < -0.3 is 4.90 Å². The maximum absolute atomic E-state index is 12.5. The van der Waals surface area contributed by atoms with E-state index in [1.807, 2.05) is 42.3 Å². The Morgan fingerprint density at radius 2 is 2.14 bits per heavy atom. The third-order valence-electron chi connectivity index (χ3n) is 3.24. The minimum Gasteiger partial charge on any atom is -0.334 e. The molecular formula is C16H21N3OS. The highest BCUT2D eigenvalue weighted by Gasteiger charge is 2.19. The van der Waals surface area contributed by atoms with Crippen molar-refractivity contribution in [3.05, 3.63) is 46.2 Å². The highest BCUT2D eigenvalue weighted by atomic mass is 32.1. The summed E-state index contributed by atoms with van der Waals surface area (Å²) < 4.78 is 0. The molecule has 0 aliphatic rings. The Kier molecular flexibility index (Phi) is 5.44. The van der Waals surface area contributed by atoms with Crippen LogP contribution in [0.3, 0.4) is 0 Å². The van der Waals surface area contributed by atoms with Gasteiger partial charge in [0.2, 0.25) is 5.91 Å². The third-order valence-corrected chi connectivity index (χ3v) is 4.28. The number of pyridine rings is 1. The molecule has 2 aromatic rings. The Labute approximate surface area is 129 Å². The summed E-state index contributed by atoms with van der Waals surface area (Å²) in [5.74, 6) is 0.101. The molecule has 2 heterocycles. The van der Waals surface area contributed by atoms with E-state index < -0.39 is 0 Å². The van der Waals surface area contributed by atoms with Crippen LogP contribution in [0, 0.1) is 0 Å². The van der Waals surface area contributed by atoms with E-state index in [0.29, 0.717) is 13.0 Å². The van der Waals surface area contributed by atoms with Crippen LogP contribution < -0.4 is 0 Å². The Morgan fingerprint density at radius 1 is 1.33 bits per heavy atom. The lowest BCUT2D eigenvalue weighted by atomic mass is 10.2. The van der Waals surface area contributed by atoms with Crippen LogP contribution in [0.15, 0.2) is 29.8 Å². The second-order valence-corrected chi connectivity index (χ2v) is 6.14. The smallest absolute Gasteiger partial charge is 0.229 e. The lowest BCUT2D eigenvalue weighted by Crippen LogP contribution is -2.37. The first-order valence-corrected chi connectivity index (χ1v) is 8.10. The molecule has 21 heavy (non-hydrogen) atoms. The molecule has 0 N–H and O–H groups in total. The molecule has 0 radical (unpaired) electrons. The molecule has 2 aromatic heterocycles. The second-order valence-electron chi connectivity index (χ2n) is 5.20. The summed E-state index contributed by atoms with van der Waals surface area (Å²) in [4.78, 5) is 23.1. The lowest BCUT2D eigenvalue weighted by Gasteiger charge is -2.26. The molecule has 0 fully saturated rings. The fraction of sp³-hybridized carbons (Fsp3) is 0.438. The molecule has 5 heteroatoms. The van der Waals surface area contributed by atoms with Gasteiger partial charge in [-0.05, 0) is 32.4 Å². The van der Waals surface area contributed by atoms with Crippen molar-refractivity contribution < 1.29 is 4.79 Å². The molecule has 0 saturated heterocycles. The Hall–Kier alpha value is -1.75. The van der Waals surface area contributed by atoms with Crippen molar-refractivity contribution in [1.29, 1.82) is 0 Å². The van der Waals surface area contributed by atoms with Crippen LogP contribution in [-0.2, 0) is 24.2 Å². The monoisotopic (exact) mass is 303 g/mol. The zero-order chi connectivity index (χ0) is 15.2. The SMILES string of the molecule is CCc1nc(CC(=O)N(Cc2ccccn2)C(C)C)cs1. The minimum atomic E-state index is 0.101. The van der Waals surface area contributed by atoms with Gasteiger partial charge in [0, 0.05) is 17.6 Å². The molecule has 0 spiro atoms. The van der Waals surface area contributed by atoms with E-state index in [0.717, 1.165) is 22.8 Å². The van der Waals surface area contributed by atoms with Gasteiger partial charge in [0.05, 0.1) is 29.4 Å². The van der Waals surface area contributed by atoms with Crippen molar-refractivity contribution in [3.63, 3.8) is 0 Å². The standard InChI is InChI=1S/C16H21N3OS/c1-4-15-18-14(11-21-15)9-16(20)19(12(2)3)10-13-7-5-6-8-17-13/h5-8,11-12H,4,9-10H2,1-3H3. The topological polar surface area (TPSA) is 46.1 Å². The van der Waals surface area contributed by atoms with Gasteiger partial charge >= 0.3 is 0 Å². The molecule has 0 aliphatic heterocycles.